The zero-order valence-electron chi connectivity index (χ0n) is 13.8. The number of aryl methyl sites for hydroxylation is 1. The molecule has 2 rings (SSSR count). The number of hydrogen-bond acceptors (Lipinski definition) is 5. The molecule has 1 aliphatic rings. The fraction of sp³-hybridized carbons (Fsp3) is 0.667. The van der Waals surface area contributed by atoms with E-state index in [9.17, 15) is 9.59 Å². The lowest BCUT2D eigenvalue weighted by atomic mass is 9.95. The molecule has 1 aromatic heterocycles. The number of rotatable bonds is 7. The molecule has 1 aliphatic heterocycles. The Hall–Kier alpha value is -1.93. The van der Waals surface area contributed by atoms with Crippen LogP contribution < -0.4 is 5.73 Å². The smallest absolute Gasteiger partial charge is 0.242 e. The van der Waals surface area contributed by atoms with Gasteiger partial charge in [-0.25, -0.2) is 0 Å². The van der Waals surface area contributed by atoms with Crippen LogP contribution in [0.2, 0.25) is 0 Å². The largest absolute Gasteiger partial charge is 0.382 e. The molecule has 1 fully saturated rings. The van der Waals surface area contributed by atoms with Crippen LogP contribution in [0.1, 0.15) is 25.0 Å². The van der Waals surface area contributed by atoms with Gasteiger partial charge < -0.3 is 20.1 Å². The van der Waals surface area contributed by atoms with Crippen LogP contribution in [-0.2, 0) is 25.6 Å². The Morgan fingerprint density at radius 1 is 1.61 bits per heavy atom. The van der Waals surface area contributed by atoms with Crippen LogP contribution in [0.5, 0.6) is 0 Å². The average molecular weight is 324 g/mol. The standard InChI is InChI=1S/C15H24N4O4/c1-4-19-8-10(7-17-19)13-11(5-6-23-13)15(21)18(2)12(9-22-3)14(16)20/h7-8,11-13H,4-6,9H2,1-3H3,(H2,16,20)/t11-,12-,13+/m0/s1. The van der Waals surface area contributed by atoms with E-state index in [1.165, 1.54) is 12.0 Å². The molecule has 2 N–H and O–H groups in total. The number of aromatic nitrogens is 2. The molecule has 1 aromatic rings. The number of amides is 2. The summed E-state index contributed by atoms with van der Waals surface area (Å²) >= 11 is 0. The van der Waals surface area contributed by atoms with Crippen LogP contribution >= 0.6 is 0 Å². The summed E-state index contributed by atoms with van der Waals surface area (Å²) in [5.74, 6) is -1.11. The van der Waals surface area contributed by atoms with E-state index in [0.29, 0.717) is 13.0 Å². The highest BCUT2D eigenvalue weighted by atomic mass is 16.5. The fourth-order valence-electron chi connectivity index (χ4n) is 2.83. The highest BCUT2D eigenvalue weighted by Gasteiger charge is 2.39. The first kappa shape index (κ1) is 17.4. The Labute approximate surface area is 135 Å². The molecule has 0 saturated carbocycles. The summed E-state index contributed by atoms with van der Waals surface area (Å²) in [7, 11) is 3.04. The molecule has 2 heterocycles. The lowest BCUT2D eigenvalue weighted by Gasteiger charge is -2.29. The fourth-order valence-corrected chi connectivity index (χ4v) is 2.83. The van der Waals surface area contributed by atoms with E-state index in [4.69, 9.17) is 15.2 Å². The minimum atomic E-state index is -0.785. The second-order valence-electron chi connectivity index (χ2n) is 5.64. The van der Waals surface area contributed by atoms with Crippen molar-refractivity contribution in [2.45, 2.75) is 32.0 Å². The third kappa shape index (κ3) is 3.70. The van der Waals surface area contributed by atoms with E-state index in [1.54, 1.807) is 17.9 Å². The van der Waals surface area contributed by atoms with Gasteiger partial charge in [0, 0.05) is 39.1 Å². The molecule has 2 amide bonds. The van der Waals surface area contributed by atoms with Gasteiger partial charge in [0.1, 0.15) is 6.04 Å². The van der Waals surface area contributed by atoms with Gasteiger partial charge in [-0.15, -0.1) is 0 Å². The van der Waals surface area contributed by atoms with Crippen molar-refractivity contribution in [2.24, 2.45) is 11.7 Å². The normalized spacial score (nSPS) is 22.0. The molecule has 0 aromatic carbocycles. The van der Waals surface area contributed by atoms with Crippen molar-refractivity contribution in [1.29, 1.82) is 0 Å². The van der Waals surface area contributed by atoms with Crippen LogP contribution in [0.4, 0.5) is 0 Å². The summed E-state index contributed by atoms with van der Waals surface area (Å²) in [4.78, 5) is 25.7. The maximum absolute atomic E-state index is 12.8. The zero-order valence-corrected chi connectivity index (χ0v) is 13.8. The van der Waals surface area contributed by atoms with Crippen LogP contribution in [0.3, 0.4) is 0 Å². The Balaban J connectivity index is 2.14. The van der Waals surface area contributed by atoms with Gasteiger partial charge in [-0.3, -0.25) is 14.3 Å². The predicted octanol–water partition coefficient (Wildman–Crippen LogP) is -0.0607. The summed E-state index contributed by atoms with van der Waals surface area (Å²) in [6.07, 6.45) is 3.86. The van der Waals surface area contributed by atoms with E-state index >= 15 is 0 Å². The van der Waals surface area contributed by atoms with Gasteiger partial charge in [0.25, 0.3) is 0 Å². The Morgan fingerprint density at radius 2 is 2.35 bits per heavy atom. The Bertz CT molecular complexity index is 559. The van der Waals surface area contributed by atoms with Gasteiger partial charge in [0.2, 0.25) is 11.8 Å². The molecule has 1 saturated heterocycles. The number of carbonyl (C=O) groups is 2. The first-order valence-electron chi connectivity index (χ1n) is 7.68. The van der Waals surface area contributed by atoms with Crippen LogP contribution in [0.15, 0.2) is 12.4 Å². The maximum Gasteiger partial charge on any atom is 0.242 e. The molecule has 0 radical (unpaired) electrons. The van der Waals surface area contributed by atoms with Crippen molar-refractivity contribution in [2.75, 3.05) is 27.4 Å². The van der Waals surface area contributed by atoms with E-state index in [1.807, 2.05) is 13.1 Å². The van der Waals surface area contributed by atoms with Crippen molar-refractivity contribution in [3.63, 3.8) is 0 Å². The number of primary amides is 1. The molecular formula is C15H24N4O4. The van der Waals surface area contributed by atoms with E-state index in [0.717, 1.165) is 12.1 Å². The number of nitrogens with zero attached hydrogens (tertiary/aromatic N) is 3. The monoisotopic (exact) mass is 324 g/mol. The molecular weight excluding hydrogens is 300 g/mol. The van der Waals surface area contributed by atoms with Crippen LogP contribution in [0, 0.1) is 5.92 Å². The number of likely N-dealkylation sites (N-methyl/N-ethyl adjacent to an activating group) is 1. The molecule has 8 heteroatoms. The molecule has 0 aliphatic carbocycles. The Morgan fingerprint density at radius 3 is 2.91 bits per heavy atom. The maximum atomic E-state index is 12.8. The molecule has 128 valence electrons. The van der Waals surface area contributed by atoms with Crippen molar-refractivity contribution in [3.05, 3.63) is 18.0 Å². The van der Waals surface area contributed by atoms with E-state index in [-0.39, 0.29) is 24.5 Å². The number of ether oxygens (including phenoxy) is 2. The quantitative estimate of drug-likeness (QED) is 0.757. The first-order chi connectivity index (χ1) is 11.0. The van der Waals surface area contributed by atoms with Gasteiger partial charge in [-0.05, 0) is 13.3 Å². The van der Waals surface area contributed by atoms with E-state index < -0.39 is 11.9 Å². The van der Waals surface area contributed by atoms with Crippen LogP contribution in [-0.4, -0.2) is 59.9 Å². The summed E-state index contributed by atoms with van der Waals surface area (Å²) in [5, 5.41) is 4.23. The van der Waals surface area contributed by atoms with Crippen molar-refractivity contribution in [3.8, 4) is 0 Å². The summed E-state index contributed by atoms with van der Waals surface area (Å²) in [6.45, 7) is 3.31. The van der Waals surface area contributed by atoms with E-state index in [2.05, 4.69) is 5.10 Å². The molecule has 0 spiro atoms. The number of carbonyl (C=O) groups excluding carboxylic acids is 2. The minimum Gasteiger partial charge on any atom is -0.382 e. The predicted molar refractivity (Wildman–Crippen MR) is 82.3 cm³/mol. The molecule has 23 heavy (non-hydrogen) atoms. The zero-order chi connectivity index (χ0) is 17.0. The SMILES string of the molecule is CCn1cc([C@H]2OCC[C@@H]2C(=O)N(C)[C@@H](COC)C(N)=O)cn1. The van der Waals surface area contributed by atoms with Gasteiger partial charge in [0.05, 0.1) is 24.8 Å². The van der Waals surface area contributed by atoms with Crippen LogP contribution in [0.25, 0.3) is 0 Å². The Kier molecular flexibility index (Phi) is 5.73. The third-order valence-electron chi connectivity index (χ3n) is 4.18. The average Bonchev–Trinajstić information content (AvgIpc) is 3.18. The highest BCUT2D eigenvalue weighted by molar-refractivity contribution is 5.88. The first-order valence-corrected chi connectivity index (χ1v) is 7.68. The molecule has 0 bridgehead atoms. The number of nitrogens with two attached hydrogens (primary N) is 1. The lowest BCUT2D eigenvalue weighted by Crippen LogP contribution is -2.50. The minimum absolute atomic E-state index is 0.0730. The van der Waals surface area contributed by atoms with Crippen molar-refractivity contribution >= 4 is 11.8 Å². The third-order valence-corrected chi connectivity index (χ3v) is 4.18. The molecule has 3 atom stereocenters. The topological polar surface area (TPSA) is 99.7 Å². The van der Waals surface area contributed by atoms with Gasteiger partial charge in [-0.2, -0.15) is 5.10 Å². The number of methoxy groups -OCH3 is 1. The lowest BCUT2D eigenvalue weighted by molar-refractivity contribution is -0.144. The summed E-state index contributed by atoms with van der Waals surface area (Å²) < 4.78 is 12.5. The second kappa shape index (κ2) is 7.56. The highest BCUT2D eigenvalue weighted by Crippen LogP contribution is 2.35. The van der Waals surface area contributed by atoms with Gasteiger partial charge >= 0.3 is 0 Å². The number of hydrogen-bond donors (Lipinski definition) is 1. The second-order valence-corrected chi connectivity index (χ2v) is 5.64. The van der Waals surface area contributed by atoms with Crippen molar-refractivity contribution < 1.29 is 19.1 Å². The molecule has 8 nitrogen and oxygen atoms in total. The van der Waals surface area contributed by atoms with Crippen molar-refractivity contribution in [1.82, 2.24) is 14.7 Å². The van der Waals surface area contributed by atoms with Gasteiger partial charge in [0.15, 0.2) is 0 Å². The van der Waals surface area contributed by atoms with Gasteiger partial charge in [-0.1, -0.05) is 0 Å². The summed E-state index contributed by atoms with van der Waals surface area (Å²) in [6, 6.07) is -0.785. The molecule has 0 unspecified atom stereocenters. The summed E-state index contributed by atoms with van der Waals surface area (Å²) in [5.41, 5.74) is 6.24.